The number of carboxylic acid groups (broad SMARTS) is 1. The Balaban J connectivity index is 1.79. The standard InChI is InChI=1S/C30H44O7/c1-15(10-17(31)11-16(2)26(36)37)18-12-23(35)30(7)25-19(32)13-21-27(3,4)22(34)8-9-28(21,5)24(25)20(33)14-29(18,30)6/h10,16,18-19,21-23,32,34-35H,8-9,11-14H2,1-7H3,(H,36,37)/b15-10+/t16-,18-,19+,21?,22+,23+,28+,29-,30+/m1/s1. The lowest BCUT2D eigenvalue weighted by Gasteiger charge is -2.62. The molecule has 37 heavy (non-hydrogen) atoms. The molecule has 0 radical (unpaired) electrons. The van der Waals surface area contributed by atoms with Gasteiger partial charge in [-0.1, -0.05) is 47.1 Å². The maximum Gasteiger partial charge on any atom is 0.306 e. The number of aliphatic hydroxyl groups excluding tert-OH is 3. The number of carbonyl (C=O) groups is 3. The molecule has 0 spiro atoms. The van der Waals surface area contributed by atoms with E-state index in [-0.39, 0.29) is 36.2 Å². The van der Waals surface area contributed by atoms with Crippen LogP contribution < -0.4 is 0 Å². The van der Waals surface area contributed by atoms with E-state index in [0.29, 0.717) is 36.8 Å². The molecule has 0 aromatic carbocycles. The smallest absolute Gasteiger partial charge is 0.306 e. The molecule has 0 saturated heterocycles. The summed E-state index contributed by atoms with van der Waals surface area (Å²) in [5.41, 5.74) is -0.477. The van der Waals surface area contributed by atoms with Crippen molar-refractivity contribution in [3.8, 4) is 0 Å². The van der Waals surface area contributed by atoms with Crippen LogP contribution >= 0.6 is 0 Å². The van der Waals surface area contributed by atoms with Crippen molar-refractivity contribution in [1.82, 2.24) is 0 Å². The Morgan fingerprint density at radius 1 is 1.05 bits per heavy atom. The molecule has 1 unspecified atom stereocenters. The number of rotatable bonds is 5. The van der Waals surface area contributed by atoms with Crippen molar-refractivity contribution in [2.45, 2.75) is 105 Å². The number of ketones is 2. The van der Waals surface area contributed by atoms with E-state index in [1.165, 1.54) is 13.0 Å². The van der Waals surface area contributed by atoms with Gasteiger partial charge < -0.3 is 20.4 Å². The van der Waals surface area contributed by atoms with Crippen LogP contribution in [0.15, 0.2) is 22.8 Å². The van der Waals surface area contributed by atoms with Crippen LogP contribution in [0.1, 0.15) is 87.0 Å². The van der Waals surface area contributed by atoms with Gasteiger partial charge in [-0.15, -0.1) is 0 Å². The average Bonchev–Trinajstić information content (AvgIpc) is 2.99. The van der Waals surface area contributed by atoms with Crippen molar-refractivity contribution < 1.29 is 34.8 Å². The number of carboxylic acids is 1. The fraction of sp³-hybridized carbons (Fsp3) is 0.767. The molecule has 0 aliphatic heterocycles. The predicted molar refractivity (Wildman–Crippen MR) is 138 cm³/mol. The zero-order valence-corrected chi connectivity index (χ0v) is 23.3. The minimum atomic E-state index is -1.02. The van der Waals surface area contributed by atoms with Crippen LogP contribution in [0.5, 0.6) is 0 Å². The molecular weight excluding hydrogens is 472 g/mol. The summed E-state index contributed by atoms with van der Waals surface area (Å²) in [6.07, 6.45) is 1.39. The van der Waals surface area contributed by atoms with E-state index in [2.05, 4.69) is 6.92 Å². The summed E-state index contributed by atoms with van der Waals surface area (Å²) in [5, 5.41) is 43.2. The van der Waals surface area contributed by atoms with E-state index in [4.69, 9.17) is 5.11 Å². The fourth-order valence-corrected chi connectivity index (χ4v) is 8.96. The molecule has 0 bridgehead atoms. The van der Waals surface area contributed by atoms with Gasteiger partial charge in [0.15, 0.2) is 11.6 Å². The number of Topliss-reactive ketones (excluding diaryl/α,β-unsaturated/α-hetero) is 1. The molecule has 4 rings (SSSR count). The third-order valence-corrected chi connectivity index (χ3v) is 11.4. The number of carbonyl (C=O) groups excluding carboxylic acids is 2. The van der Waals surface area contributed by atoms with Gasteiger partial charge in [0.1, 0.15) is 0 Å². The molecule has 0 amide bonds. The second kappa shape index (κ2) is 8.85. The third kappa shape index (κ3) is 3.82. The lowest BCUT2D eigenvalue weighted by Crippen LogP contribution is -2.60. The van der Waals surface area contributed by atoms with Crippen molar-refractivity contribution in [1.29, 1.82) is 0 Å². The summed E-state index contributed by atoms with van der Waals surface area (Å²) in [5.74, 6) is -2.44. The summed E-state index contributed by atoms with van der Waals surface area (Å²) >= 11 is 0. The Labute approximate surface area is 220 Å². The molecule has 9 atom stereocenters. The second-order valence-electron chi connectivity index (χ2n) is 13.7. The third-order valence-electron chi connectivity index (χ3n) is 11.4. The predicted octanol–water partition coefficient (Wildman–Crippen LogP) is 3.84. The molecule has 0 heterocycles. The number of hydrogen-bond donors (Lipinski definition) is 4. The van der Waals surface area contributed by atoms with E-state index < -0.39 is 51.9 Å². The van der Waals surface area contributed by atoms with Gasteiger partial charge in [0.25, 0.3) is 0 Å². The number of aliphatic carboxylic acids is 1. The van der Waals surface area contributed by atoms with Crippen LogP contribution in [-0.4, -0.2) is 56.3 Å². The number of hydrogen-bond acceptors (Lipinski definition) is 6. The van der Waals surface area contributed by atoms with Crippen molar-refractivity contribution >= 4 is 17.5 Å². The van der Waals surface area contributed by atoms with Crippen LogP contribution in [0.4, 0.5) is 0 Å². The van der Waals surface area contributed by atoms with Crippen molar-refractivity contribution in [2.24, 2.45) is 39.4 Å². The summed E-state index contributed by atoms with van der Waals surface area (Å²) in [4.78, 5) is 37.9. The van der Waals surface area contributed by atoms with Crippen molar-refractivity contribution in [3.05, 3.63) is 22.8 Å². The second-order valence-corrected chi connectivity index (χ2v) is 13.7. The number of aliphatic hydroxyl groups is 3. The molecule has 2 saturated carbocycles. The number of fused-ring (bicyclic) bond motifs is 4. The van der Waals surface area contributed by atoms with Gasteiger partial charge in [-0.25, -0.2) is 0 Å². The molecule has 206 valence electrons. The fourth-order valence-electron chi connectivity index (χ4n) is 8.96. The first-order valence-corrected chi connectivity index (χ1v) is 13.7. The Hall–Kier alpha value is -1.83. The Bertz CT molecular complexity index is 1090. The molecule has 7 nitrogen and oxygen atoms in total. The van der Waals surface area contributed by atoms with E-state index in [1.54, 1.807) is 0 Å². The van der Waals surface area contributed by atoms with Crippen LogP contribution in [0.2, 0.25) is 0 Å². The molecule has 2 fully saturated rings. The van der Waals surface area contributed by atoms with Crippen LogP contribution in [-0.2, 0) is 14.4 Å². The molecule has 7 heteroatoms. The van der Waals surface area contributed by atoms with Gasteiger partial charge in [0, 0.05) is 23.8 Å². The SMILES string of the molecule is C/C(=C\C(=O)C[C@@H](C)C(=O)O)[C@H]1C[C@H](O)[C@@]2(C)C3=C(C(=O)C[C@]12C)[C@@]1(C)CC[C@H](O)C(C)(C)C1C[C@@H]3O. The quantitative estimate of drug-likeness (QED) is 0.408. The summed E-state index contributed by atoms with van der Waals surface area (Å²) in [6.45, 7) is 13.4. The maximum atomic E-state index is 14.1. The van der Waals surface area contributed by atoms with Gasteiger partial charge in [0.05, 0.1) is 24.2 Å². The summed E-state index contributed by atoms with van der Waals surface area (Å²) in [6, 6.07) is 0. The zero-order chi connectivity index (χ0) is 27.9. The highest BCUT2D eigenvalue weighted by atomic mass is 16.4. The molecule has 0 aromatic heterocycles. The Morgan fingerprint density at radius 2 is 1.68 bits per heavy atom. The minimum Gasteiger partial charge on any atom is -0.481 e. The topological polar surface area (TPSA) is 132 Å². The monoisotopic (exact) mass is 516 g/mol. The van der Waals surface area contributed by atoms with Crippen molar-refractivity contribution in [2.75, 3.05) is 0 Å². The average molecular weight is 517 g/mol. The highest BCUT2D eigenvalue weighted by Gasteiger charge is 2.69. The van der Waals surface area contributed by atoms with Gasteiger partial charge in [-0.05, 0) is 72.3 Å². The van der Waals surface area contributed by atoms with Crippen LogP contribution in [0.25, 0.3) is 0 Å². The molecular formula is C30H44O7. The van der Waals surface area contributed by atoms with Gasteiger partial charge in [-0.2, -0.15) is 0 Å². The lowest BCUT2D eigenvalue weighted by molar-refractivity contribution is -0.142. The van der Waals surface area contributed by atoms with Gasteiger partial charge in [0.2, 0.25) is 0 Å². The Morgan fingerprint density at radius 3 is 2.27 bits per heavy atom. The molecule has 4 aliphatic carbocycles. The lowest BCUT2D eigenvalue weighted by atomic mass is 9.42. The van der Waals surface area contributed by atoms with E-state index >= 15 is 0 Å². The van der Waals surface area contributed by atoms with E-state index in [9.17, 15) is 29.7 Å². The maximum absolute atomic E-state index is 14.1. The number of allylic oxidation sites excluding steroid dienone is 3. The minimum absolute atomic E-state index is 0.00820. The molecule has 4 aliphatic rings. The van der Waals surface area contributed by atoms with Crippen LogP contribution in [0.3, 0.4) is 0 Å². The molecule has 0 aromatic rings. The van der Waals surface area contributed by atoms with Gasteiger partial charge >= 0.3 is 5.97 Å². The van der Waals surface area contributed by atoms with Crippen LogP contribution in [0, 0.1) is 39.4 Å². The first-order chi connectivity index (χ1) is 16.9. The normalized spacial score (nSPS) is 44.1. The summed E-state index contributed by atoms with van der Waals surface area (Å²) < 4.78 is 0. The Kier molecular flexibility index (Phi) is 6.74. The van der Waals surface area contributed by atoms with E-state index in [1.807, 2.05) is 34.6 Å². The largest absolute Gasteiger partial charge is 0.481 e. The van der Waals surface area contributed by atoms with Crippen molar-refractivity contribution in [3.63, 3.8) is 0 Å². The summed E-state index contributed by atoms with van der Waals surface area (Å²) in [7, 11) is 0. The van der Waals surface area contributed by atoms with E-state index in [0.717, 1.165) is 5.57 Å². The highest BCUT2D eigenvalue weighted by molar-refractivity contribution is 6.00. The molecule has 4 N–H and O–H groups in total. The van der Waals surface area contributed by atoms with Gasteiger partial charge in [-0.3, -0.25) is 14.4 Å². The first kappa shape index (κ1) is 28.2. The highest BCUT2D eigenvalue weighted by Crippen LogP contribution is 2.71. The zero-order valence-electron chi connectivity index (χ0n) is 23.3. The first-order valence-electron chi connectivity index (χ1n) is 13.7.